The lowest BCUT2D eigenvalue weighted by Crippen LogP contribution is -2.43. The third kappa shape index (κ3) is 3.78. The standard InChI is InChI=1S/C17H17F3N6O2/c18-17(19,20)9-23-16(27)28-10-2-1-5-26(8-10)13-7-24-25-12-6-22-15-11(14(12)13)3-4-21-15/h3-4,6-7,10H,1-2,5,8-9H2,(H,21,22)(H,23,27). The summed E-state index contributed by atoms with van der Waals surface area (Å²) in [4.78, 5) is 21.0. The van der Waals surface area contributed by atoms with Crippen LogP contribution >= 0.6 is 0 Å². The maximum Gasteiger partial charge on any atom is 0.407 e. The third-order valence-corrected chi connectivity index (χ3v) is 4.59. The van der Waals surface area contributed by atoms with Gasteiger partial charge in [0, 0.05) is 23.5 Å². The van der Waals surface area contributed by atoms with Crippen LogP contribution in [0.15, 0.2) is 24.7 Å². The Morgan fingerprint density at radius 3 is 3.07 bits per heavy atom. The van der Waals surface area contributed by atoms with E-state index in [1.165, 1.54) is 0 Å². The Hall–Kier alpha value is -3.11. The number of nitrogens with one attached hydrogen (secondary N) is 2. The number of anilines is 1. The number of halogens is 3. The summed E-state index contributed by atoms with van der Waals surface area (Å²) in [5.74, 6) is 0. The Balaban J connectivity index is 1.54. The summed E-state index contributed by atoms with van der Waals surface area (Å²) in [6.45, 7) is -0.354. The second-order valence-electron chi connectivity index (χ2n) is 6.57. The highest BCUT2D eigenvalue weighted by Gasteiger charge is 2.30. The van der Waals surface area contributed by atoms with Crippen molar-refractivity contribution < 1.29 is 22.7 Å². The molecule has 2 N–H and O–H groups in total. The number of nitrogens with zero attached hydrogens (tertiary/aromatic N) is 4. The molecule has 4 rings (SSSR count). The van der Waals surface area contributed by atoms with Crippen LogP contribution in [0.4, 0.5) is 23.7 Å². The van der Waals surface area contributed by atoms with E-state index in [0.29, 0.717) is 25.0 Å². The van der Waals surface area contributed by atoms with E-state index in [1.807, 2.05) is 11.0 Å². The molecule has 0 bridgehead atoms. The zero-order chi connectivity index (χ0) is 19.7. The maximum atomic E-state index is 12.2. The van der Waals surface area contributed by atoms with Crippen molar-refractivity contribution in [1.29, 1.82) is 0 Å². The second kappa shape index (κ2) is 7.13. The summed E-state index contributed by atoms with van der Waals surface area (Å²) in [6.07, 6.45) is 0.293. The van der Waals surface area contributed by atoms with Gasteiger partial charge in [0.1, 0.15) is 23.8 Å². The number of aromatic nitrogens is 4. The van der Waals surface area contributed by atoms with Gasteiger partial charge >= 0.3 is 12.3 Å². The number of H-pyrrole nitrogens is 1. The summed E-state index contributed by atoms with van der Waals surface area (Å²) in [5, 5.41) is 11.7. The number of rotatable bonds is 3. The van der Waals surface area contributed by atoms with Gasteiger partial charge in [-0.25, -0.2) is 9.78 Å². The summed E-state index contributed by atoms with van der Waals surface area (Å²) in [7, 11) is 0. The number of aromatic amines is 1. The lowest BCUT2D eigenvalue weighted by Gasteiger charge is -2.34. The van der Waals surface area contributed by atoms with Crippen molar-refractivity contribution >= 4 is 33.7 Å². The number of ether oxygens (including phenoxy) is 1. The van der Waals surface area contributed by atoms with E-state index in [2.05, 4.69) is 20.2 Å². The second-order valence-corrected chi connectivity index (χ2v) is 6.57. The molecule has 0 saturated carbocycles. The first-order chi connectivity index (χ1) is 13.4. The predicted molar refractivity (Wildman–Crippen MR) is 95.0 cm³/mol. The maximum absolute atomic E-state index is 12.2. The highest BCUT2D eigenvalue weighted by Crippen LogP contribution is 2.32. The number of pyridine rings is 1. The minimum absolute atomic E-state index is 0.356. The number of alkyl halides is 3. The van der Waals surface area contributed by atoms with Crippen LogP contribution in [0.1, 0.15) is 12.8 Å². The molecular formula is C17H17F3N6O2. The van der Waals surface area contributed by atoms with E-state index in [9.17, 15) is 18.0 Å². The summed E-state index contributed by atoms with van der Waals surface area (Å²) in [6, 6.07) is 1.90. The molecule has 148 valence electrons. The highest BCUT2D eigenvalue weighted by molar-refractivity contribution is 6.09. The zero-order valence-corrected chi connectivity index (χ0v) is 14.7. The Morgan fingerprint density at radius 1 is 1.39 bits per heavy atom. The number of carbonyl (C=O) groups excluding carboxylic acids is 1. The normalized spacial score (nSPS) is 17.8. The van der Waals surface area contributed by atoms with Crippen molar-refractivity contribution in [3.63, 3.8) is 0 Å². The van der Waals surface area contributed by atoms with Crippen LogP contribution in [-0.2, 0) is 4.74 Å². The summed E-state index contributed by atoms with van der Waals surface area (Å²) < 4.78 is 41.9. The number of hydrogen-bond donors (Lipinski definition) is 2. The van der Waals surface area contributed by atoms with E-state index in [4.69, 9.17) is 4.74 Å². The van der Waals surface area contributed by atoms with Crippen LogP contribution in [0.25, 0.3) is 21.9 Å². The van der Waals surface area contributed by atoms with E-state index in [1.54, 1.807) is 23.9 Å². The third-order valence-electron chi connectivity index (χ3n) is 4.59. The van der Waals surface area contributed by atoms with E-state index >= 15 is 0 Å². The smallest absolute Gasteiger partial charge is 0.407 e. The molecular weight excluding hydrogens is 377 g/mol. The van der Waals surface area contributed by atoms with Gasteiger partial charge in [0.15, 0.2) is 0 Å². The highest BCUT2D eigenvalue weighted by atomic mass is 19.4. The molecule has 1 unspecified atom stereocenters. The molecule has 8 nitrogen and oxygen atoms in total. The molecule has 11 heteroatoms. The van der Waals surface area contributed by atoms with E-state index < -0.39 is 24.9 Å². The van der Waals surface area contributed by atoms with Crippen molar-refractivity contribution in [2.75, 3.05) is 24.5 Å². The van der Waals surface area contributed by atoms with Crippen molar-refractivity contribution in [3.05, 3.63) is 24.7 Å². The Kier molecular flexibility index (Phi) is 4.65. The molecule has 3 aromatic heterocycles. The van der Waals surface area contributed by atoms with E-state index in [-0.39, 0.29) is 0 Å². The fourth-order valence-electron chi connectivity index (χ4n) is 3.41. The average molecular weight is 394 g/mol. The summed E-state index contributed by atoms with van der Waals surface area (Å²) >= 11 is 0. The van der Waals surface area contributed by atoms with Gasteiger partial charge in [-0.15, -0.1) is 5.10 Å². The number of alkyl carbamates (subject to hydrolysis) is 1. The topological polar surface area (TPSA) is 96.0 Å². The van der Waals surface area contributed by atoms with Crippen LogP contribution < -0.4 is 10.2 Å². The molecule has 1 aliphatic heterocycles. The minimum Gasteiger partial charge on any atom is -0.444 e. The fourth-order valence-corrected chi connectivity index (χ4v) is 3.41. The first-order valence-electron chi connectivity index (χ1n) is 8.74. The van der Waals surface area contributed by atoms with Crippen molar-refractivity contribution in [2.45, 2.75) is 25.1 Å². The van der Waals surface area contributed by atoms with Gasteiger partial charge in [0.25, 0.3) is 0 Å². The number of carbonyl (C=O) groups is 1. The van der Waals surface area contributed by atoms with Crippen molar-refractivity contribution in [2.24, 2.45) is 0 Å². The number of hydrogen-bond acceptors (Lipinski definition) is 6. The van der Waals surface area contributed by atoms with Crippen LogP contribution in [0, 0.1) is 0 Å². The molecule has 0 spiro atoms. The van der Waals surface area contributed by atoms with Crippen LogP contribution in [0.5, 0.6) is 0 Å². The van der Waals surface area contributed by atoms with Crippen LogP contribution in [0.2, 0.25) is 0 Å². The lowest BCUT2D eigenvalue weighted by molar-refractivity contribution is -0.124. The number of piperidine rings is 1. The molecule has 3 aromatic rings. The first kappa shape index (κ1) is 18.3. The number of amides is 1. The molecule has 1 amide bonds. The SMILES string of the molecule is O=C(NCC(F)(F)F)OC1CCCN(c2cnnc3cnc4[nH]ccc4c23)C1. The van der Waals surface area contributed by atoms with Crippen molar-refractivity contribution in [1.82, 2.24) is 25.5 Å². The Morgan fingerprint density at radius 2 is 2.25 bits per heavy atom. The Labute approximate surface area is 157 Å². The van der Waals surface area contributed by atoms with E-state index in [0.717, 1.165) is 28.5 Å². The zero-order valence-electron chi connectivity index (χ0n) is 14.7. The van der Waals surface area contributed by atoms with Gasteiger partial charge in [-0.3, -0.25) is 0 Å². The number of fused-ring (bicyclic) bond motifs is 3. The molecule has 0 aromatic carbocycles. The predicted octanol–water partition coefficient (Wildman–Crippen LogP) is 2.76. The molecule has 4 heterocycles. The molecule has 1 aliphatic rings. The molecule has 28 heavy (non-hydrogen) atoms. The van der Waals surface area contributed by atoms with Gasteiger partial charge < -0.3 is 19.9 Å². The molecule has 0 radical (unpaired) electrons. The summed E-state index contributed by atoms with van der Waals surface area (Å²) in [5.41, 5.74) is 2.18. The molecule has 1 saturated heterocycles. The van der Waals surface area contributed by atoms with Gasteiger partial charge in [0.05, 0.1) is 24.6 Å². The molecule has 1 fully saturated rings. The Bertz CT molecular complexity index is 1010. The molecule has 1 atom stereocenters. The van der Waals surface area contributed by atoms with Crippen LogP contribution in [-0.4, -0.2) is 58.2 Å². The monoisotopic (exact) mass is 394 g/mol. The lowest BCUT2D eigenvalue weighted by atomic mass is 10.1. The van der Waals surface area contributed by atoms with Gasteiger partial charge in [-0.2, -0.15) is 18.3 Å². The van der Waals surface area contributed by atoms with Gasteiger partial charge in [-0.05, 0) is 18.9 Å². The van der Waals surface area contributed by atoms with Crippen molar-refractivity contribution in [3.8, 4) is 0 Å². The first-order valence-corrected chi connectivity index (χ1v) is 8.74. The van der Waals surface area contributed by atoms with Gasteiger partial charge in [-0.1, -0.05) is 0 Å². The average Bonchev–Trinajstić information content (AvgIpc) is 3.15. The minimum atomic E-state index is -4.48. The van der Waals surface area contributed by atoms with Gasteiger partial charge in [0.2, 0.25) is 0 Å². The largest absolute Gasteiger partial charge is 0.444 e. The fraction of sp³-hybridized carbons (Fsp3) is 0.412. The van der Waals surface area contributed by atoms with Crippen LogP contribution in [0.3, 0.4) is 0 Å². The quantitative estimate of drug-likeness (QED) is 0.709. The molecule has 0 aliphatic carbocycles.